The Hall–Kier alpha value is -2.40. The number of fused-ring (bicyclic) bond motifs is 1. The van der Waals surface area contributed by atoms with Crippen molar-refractivity contribution in [3.63, 3.8) is 0 Å². The number of halogens is 1. The van der Waals surface area contributed by atoms with Gasteiger partial charge in [-0.3, -0.25) is 0 Å². The molecule has 11 heteroatoms. The molecule has 1 amide bonds. The largest absolute Gasteiger partial charge is 0.442 e. The maximum absolute atomic E-state index is 14.9. The molecule has 3 rings (SSSR count). The third-order valence-corrected chi connectivity index (χ3v) is 7.60. The number of carbonyl (C=O) groups is 1. The summed E-state index contributed by atoms with van der Waals surface area (Å²) in [5.41, 5.74) is 4.01. The van der Waals surface area contributed by atoms with Gasteiger partial charge in [0, 0.05) is 31.8 Å². The van der Waals surface area contributed by atoms with Crippen LogP contribution in [0.15, 0.2) is 23.2 Å². The van der Waals surface area contributed by atoms with E-state index in [0.717, 1.165) is 4.31 Å². The number of methoxy groups -OCH3 is 1. The maximum Gasteiger partial charge on any atom is 0.437 e. The van der Waals surface area contributed by atoms with Gasteiger partial charge in [-0.2, -0.15) is 0 Å². The lowest BCUT2D eigenvalue weighted by Crippen LogP contribution is -2.65. The van der Waals surface area contributed by atoms with Crippen LogP contribution in [0.3, 0.4) is 0 Å². The van der Waals surface area contributed by atoms with E-state index in [9.17, 15) is 17.6 Å². The Morgan fingerprint density at radius 1 is 1.40 bits per heavy atom. The van der Waals surface area contributed by atoms with Crippen LogP contribution in [-0.2, 0) is 25.0 Å². The fourth-order valence-corrected chi connectivity index (χ4v) is 5.95. The van der Waals surface area contributed by atoms with Crippen molar-refractivity contribution >= 4 is 27.8 Å². The van der Waals surface area contributed by atoms with Crippen LogP contribution in [0.2, 0.25) is 0 Å². The van der Waals surface area contributed by atoms with E-state index in [1.54, 1.807) is 20.8 Å². The summed E-state index contributed by atoms with van der Waals surface area (Å²) >= 11 is 0. The number of guanidine groups is 1. The second kappa shape index (κ2) is 7.38. The molecule has 0 spiro atoms. The molecule has 1 saturated heterocycles. The minimum absolute atomic E-state index is 0.0839. The lowest BCUT2D eigenvalue weighted by Gasteiger charge is -2.45. The lowest BCUT2D eigenvalue weighted by atomic mass is 9.86. The molecule has 2 aliphatic rings. The van der Waals surface area contributed by atoms with E-state index < -0.39 is 44.4 Å². The summed E-state index contributed by atoms with van der Waals surface area (Å²) in [5, 5.41) is 1.97. The Labute approximate surface area is 175 Å². The van der Waals surface area contributed by atoms with E-state index >= 15 is 0 Å². The molecular weight excluding hydrogens is 415 g/mol. The lowest BCUT2D eigenvalue weighted by molar-refractivity contribution is 0.0601. The molecular formula is C19H27FN4O5S. The van der Waals surface area contributed by atoms with Gasteiger partial charge >= 0.3 is 6.09 Å². The monoisotopic (exact) mass is 442 g/mol. The van der Waals surface area contributed by atoms with E-state index in [4.69, 9.17) is 15.2 Å². The van der Waals surface area contributed by atoms with Crippen LogP contribution in [0.25, 0.3) is 0 Å². The van der Waals surface area contributed by atoms with Crippen LogP contribution in [0, 0.1) is 5.82 Å². The number of amides is 1. The average molecular weight is 443 g/mol. The second-order valence-corrected chi connectivity index (χ2v) is 10.7. The third kappa shape index (κ3) is 3.83. The normalized spacial score (nSPS) is 29.4. The van der Waals surface area contributed by atoms with Crippen LogP contribution in [0.1, 0.15) is 39.2 Å². The summed E-state index contributed by atoms with van der Waals surface area (Å²) in [6.07, 6.45) is -1.12. The molecule has 3 atom stereocenters. The SMILES string of the molecule is COC1CC2C(c3cc(N)ccc3F)(C1)N/C(=N\C(=O)OC(C)(C)C)N(C)S2(=O)=O. The number of carbonyl (C=O) groups excluding carboxylic acids is 1. The van der Waals surface area contributed by atoms with Crippen molar-refractivity contribution in [2.24, 2.45) is 4.99 Å². The predicted octanol–water partition coefficient (Wildman–Crippen LogP) is 1.94. The van der Waals surface area contributed by atoms with Crippen molar-refractivity contribution < 1.29 is 27.1 Å². The minimum atomic E-state index is -4.01. The first-order chi connectivity index (χ1) is 13.8. The van der Waals surface area contributed by atoms with Gasteiger partial charge in [0.1, 0.15) is 16.7 Å². The zero-order valence-corrected chi connectivity index (χ0v) is 18.4. The van der Waals surface area contributed by atoms with Gasteiger partial charge in [-0.25, -0.2) is 21.9 Å². The summed E-state index contributed by atoms with van der Waals surface area (Å²) in [6.45, 7) is 5.00. The molecule has 1 saturated carbocycles. The number of hydrogen-bond acceptors (Lipinski definition) is 6. The van der Waals surface area contributed by atoms with Gasteiger partial charge in [0.05, 0.1) is 11.6 Å². The number of hydrogen-bond donors (Lipinski definition) is 2. The third-order valence-electron chi connectivity index (χ3n) is 5.35. The molecule has 9 nitrogen and oxygen atoms in total. The quantitative estimate of drug-likeness (QED) is 0.671. The van der Waals surface area contributed by atoms with Crippen molar-refractivity contribution in [2.75, 3.05) is 19.9 Å². The first-order valence-corrected chi connectivity index (χ1v) is 11.0. The maximum atomic E-state index is 14.9. The topological polar surface area (TPSA) is 123 Å². The highest BCUT2D eigenvalue weighted by Gasteiger charge is 2.61. The van der Waals surface area contributed by atoms with Crippen molar-refractivity contribution in [1.82, 2.24) is 9.62 Å². The molecule has 1 aromatic carbocycles. The van der Waals surface area contributed by atoms with Crippen molar-refractivity contribution in [1.29, 1.82) is 0 Å². The van der Waals surface area contributed by atoms with Gasteiger partial charge in [0.15, 0.2) is 0 Å². The standard InChI is InChI=1S/C19H27FN4O5S/c1-18(2,3)29-17(25)22-16-23-19(13-8-11(21)6-7-14(13)20)10-12(28-5)9-15(19)30(26,27)24(16)4/h6-8,12,15H,9-10,21H2,1-5H3,(H,22,23,25). The number of sulfonamides is 1. The van der Waals surface area contributed by atoms with Crippen LogP contribution in [-0.4, -0.2) is 55.9 Å². The Balaban J connectivity index is 2.17. The van der Waals surface area contributed by atoms with E-state index in [1.807, 2.05) is 0 Å². The highest BCUT2D eigenvalue weighted by molar-refractivity contribution is 7.90. The van der Waals surface area contributed by atoms with Crippen LogP contribution in [0.5, 0.6) is 0 Å². The van der Waals surface area contributed by atoms with Crippen molar-refractivity contribution in [3.05, 3.63) is 29.6 Å². The molecule has 2 fully saturated rings. The Kier molecular flexibility index (Phi) is 5.48. The molecule has 166 valence electrons. The van der Waals surface area contributed by atoms with E-state index in [1.165, 1.54) is 32.4 Å². The molecule has 0 bridgehead atoms. The summed E-state index contributed by atoms with van der Waals surface area (Å²) < 4.78 is 53.1. The van der Waals surface area contributed by atoms with E-state index in [0.29, 0.717) is 0 Å². The number of nitrogen functional groups attached to an aromatic ring is 1. The number of nitrogens with two attached hydrogens (primary N) is 1. The fraction of sp³-hybridized carbons (Fsp3) is 0.579. The van der Waals surface area contributed by atoms with Crippen LogP contribution >= 0.6 is 0 Å². The average Bonchev–Trinajstić information content (AvgIpc) is 3.01. The number of nitrogens with one attached hydrogen (secondary N) is 1. The molecule has 3 unspecified atom stereocenters. The molecule has 1 aliphatic carbocycles. The molecule has 1 heterocycles. The van der Waals surface area contributed by atoms with Gasteiger partial charge in [0.2, 0.25) is 16.0 Å². The Morgan fingerprint density at radius 3 is 2.67 bits per heavy atom. The number of rotatable bonds is 2. The number of aliphatic imine (C=N–C) groups is 1. The number of benzene rings is 1. The highest BCUT2D eigenvalue weighted by atomic mass is 32.2. The first kappa shape index (κ1) is 22.3. The zero-order chi connectivity index (χ0) is 22.5. The van der Waals surface area contributed by atoms with E-state index in [-0.39, 0.29) is 30.1 Å². The van der Waals surface area contributed by atoms with Gasteiger partial charge in [-0.1, -0.05) is 0 Å². The molecule has 3 N–H and O–H groups in total. The summed E-state index contributed by atoms with van der Waals surface area (Å²) in [7, 11) is -1.26. The fourth-order valence-electron chi connectivity index (χ4n) is 4.00. The molecule has 0 aromatic heterocycles. The highest BCUT2D eigenvalue weighted by Crippen LogP contribution is 2.48. The van der Waals surface area contributed by atoms with Crippen molar-refractivity contribution in [3.8, 4) is 0 Å². The minimum Gasteiger partial charge on any atom is -0.442 e. The van der Waals surface area contributed by atoms with Gasteiger partial charge in [-0.15, -0.1) is 4.99 Å². The molecule has 0 radical (unpaired) electrons. The van der Waals surface area contributed by atoms with E-state index in [2.05, 4.69) is 10.3 Å². The van der Waals surface area contributed by atoms with Gasteiger partial charge in [-0.05, 0) is 45.4 Å². The number of ether oxygens (including phenoxy) is 2. The number of anilines is 1. The Morgan fingerprint density at radius 2 is 2.07 bits per heavy atom. The van der Waals surface area contributed by atoms with Crippen molar-refractivity contribution in [2.45, 2.75) is 56.1 Å². The second-order valence-electron chi connectivity index (χ2n) is 8.55. The molecule has 1 aliphatic heterocycles. The Bertz CT molecular complexity index is 991. The number of nitrogens with zero attached hydrogens (tertiary/aromatic N) is 2. The molecule has 30 heavy (non-hydrogen) atoms. The zero-order valence-electron chi connectivity index (χ0n) is 17.6. The van der Waals surface area contributed by atoms with Gasteiger partial charge < -0.3 is 20.5 Å². The smallest absolute Gasteiger partial charge is 0.437 e. The first-order valence-electron chi connectivity index (χ1n) is 9.46. The summed E-state index contributed by atoms with van der Waals surface area (Å²) in [5.74, 6) is -0.867. The predicted molar refractivity (Wildman–Crippen MR) is 110 cm³/mol. The summed E-state index contributed by atoms with van der Waals surface area (Å²) in [4.78, 5) is 16.1. The molecule has 1 aromatic rings. The van der Waals surface area contributed by atoms with Crippen LogP contribution in [0.4, 0.5) is 14.9 Å². The summed E-state index contributed by atoms with van der Waals surface area (Å²) in [6, 6.07) is 3.99. The van der Waals surface area contributed by atoms with Crippen LogP contribution < -0.4 is 11.1 Å². The van der Waals surface area contributed by atoms with Gasteiger partial charge in [0.25, 0.3) is 0 Å².